The minimum absolute atomic E-state index is 0.101. The molecule has 0 bridgehead atoms. The predicted molar refractivity (Wildman–Crippen MR) is 94.0 cm³/mol. The standard InChI is InChI=1S/C10H18N5O10P3/c1-10(16,27(19,20)21)28(22,23)25-26(17,18)6-24-3-2-15-5-14-7-8(11)12-4-13-9(7)15/h4-5,16H,2-3,6H2,1H3,(H,17,18)(H,22,23)(H2,11,12,13)(H2,19,20,21). The van der Waals surface area contributed by atoms with E-state index in [1.807, 2.05) is 0 Å². The first-order valence-electron chi connectivity index (χ1n) is 7.31. The van der Waals surface area contributed by atoms with Crippen LogP contribution in [0.3, 0.4) is 0 Å². The molecule has 0 spiro atoms. The van der Waals surface area contributed by atoms with E-state index in [-0.39, 0.29) is 19.0 Å². The number of aromatic nitrogens is 4. The molecule has 2 aromatic heterocycles. The normalized spacial score (nSPS) is 19.1. The Morgan fingerprint density at radius 3 is 2.43 bits per heavy atom. The number of fused-ring (bicyclic) bond motifs is 1. The second-order valence-corrected chi connectivity index (χ2v) is 12.1. The third kappa shape index (κ3) is 4.84. The smallest absolute Gasteiger partial charge is 0.378 e. The molecule has 0 saturated carbocycles. The molecule has 0 saturated heterocycles. The van der Waals surface area contributed by atoms with Gasteiger partial charge in [-0.25, -0.2) is 19.3 Å². The molecular weight excluding hydrogens is 443 g/mol. The van der Waals surface area contributed by atoms with Crippen LogP contribution in [0, 0.1) is 0 Å². The fraction of sp³-hybridized carbons (Fsp3) is 0.500. The van der Waals surface area contributed by atoms with Gasteiger partial charge >= 0.3 is 22.8 Å². The Bertz CT molecular complexity index is 1000. The Morgan fingerprint density at radius 1 is 1.18 bits per heavy atom. The number of rotatable bonds is 9. The Morgan fingerprint density at radius 2 is 1.82 bits per heavy atom. The fourth-order valence-electron chi connectivity index (χ4n) is 1.84. The summed E-state index contributed by atoms with van der Waals surface area (Å²) in [4.78, 5) is 48.7. The van der Waals surface area contributed by atoms with Gasteiger partial charge in [-0.1, -0.05) is 0 Å². The van der Waals surface area contributed by atoms with Gasteiger partial charge in [0.2, 0.25) is 0 Å². The van der Waals surface area contributed by atoms with Crippen molar-refractivity contribution < 1.29 is 47.4 Å². The second-order valence-electron chi connectivity index (χ2n) is 5.66. The number of imidazole rings is 1. The molecule has 3 atom stereocenters. The van der Waals surface area contributed by atoms with Gasteiger partial charge in [0.15, 0.2) is 11.5 Å². The van der Waals surface area contributed by atoms with Crippen molar-refractivity contribution in [3.8, 4) is 0 Å². The second kappa shape index (κ2) is 7.88. The highest BCUT2D eigenvalue weighted by Crippen LogP contribution is 2.74. The average molecular weight is 461 g/mol. The molecule has 0 aliphatic carbocycles. The van der Waals surface area contributed by atoms with Gasteiger partial charge in [0, 0.05) is 6.54 Å². The van der Waals surface area contributed by atoms with Crippen LogP contribution in [0.1, 0.15) is 6.92 Å². The Balaban J connectivity index is 1.96. The highest BCUT2D eigenvalue weighted by atomic mass is 31.3. The first kappa shape index (κ1) is 23.0. The number of aliphatic hydroxyl groups is 1. The number of nitrogens with two attached hydrogens (primary N) is 1. The molecule has 2 heterocycles. The van der Waals surface area contributed by atoms with E-state index in [2.05, 4.69) is 19.3 Å². The molecule has 2 rings (SSSR count). The van der Waals surface area contributed by atoms with Crippen molar-refractivity contribution in [1.82, 2.24) is 19.5 Å². The van der Waals surface area contributed by atoms with Crippen LogP contribution in [0.4, 0.5) is 5.82 Å². The van der Waals surface area contributed by atoms with Gasteiger partial charge in [0.25, 0.3) is 5.08 Å². The van der Waals surface area contributed by atoms with E-state index < -0.39 is 34.2 Å². The molecule has 0 aromatic carbocycles. The van der Waals surface area contributed by atoms with E-state index in [4.69, 9.17) is 20.3 Å². The molecule has 28 heavy (non-hydrogen) atoms. The Kier molecular flexibility index (Phi) is 6.49. The number of nitrogen functional groups attached to an aromatic ring is 1. The van der Waals surface area contributed by atoms with Gasteiger partial charge < -0.3 is 39.7 Å². The third-order valence-corrected chi connectivity index (χ3v) is 9.61. The summed E-state index contributed by atoms with van der Waals surface area (Å²) in [6.45, 7) is 0.227. The average Bonchev–Trinajstić information content (AvgIpc) is 2.94. The van der Waals surface area contributed by atoms with Crippen molar-refractivity contribution in [3.63, 3.8) is 0 Å². The predicted octanol–water partition coefficient (Wildman–Crippen LogP) is -0.386. The van der Waals surface area contributed by atoms with E-state index >= 15 is 0 Å². The number of hydrogen-bond donors (Lipinski definition) is 6. The Labute approximate surface area is 157 Å². The Hall–Kier alpha value is -1.24. The maximum atomic E-state index is 11.9. The number of ether oxygens (including phenoxy) is 1. The van der Waals surface area contributed by atoms with Gasteiger partial charge in [-0.3, -0.25) is 13.7 Å². The van der Waals surface area contributed by atoms with Crippen molar-refractivity contribution in [2.24, 2.45) is 0 Å². The van der Waals surface area contributed by atoms with E-state index in [0.29, 0.717) is 18.1 Å². The van der Waals surface area contributed by atoms with E-state index in [1.165, 1.54) is 17.2 Å². The first-order valence-corrected chi connectivity index (χ1v) is 12.3. The van der Waals surface area contributed by atoms with Gasteiger partial charge in [-0.15, -0.1) is 0 Å². The molecular formula is C10H18N5O10P3. The van der Waals surface area contributed by atoms with Crippen LogP contribution in [0.2, 0.25) is 0 Å². The minimum Gasteiger partial charge on any atom is -0.382 e. The molecule has 158 valence electrons. The summed E-state index contributed by atoms with van der Waals surface area (Å²) < 4.78 is 45.3. The lowest BCUT2D eigenvalue weighted by molar-refractivity contribution is 0.133. The van der Waals surface area contributed by atoms with Gasteiger partial charge in [0.1, 0.15) is 18.2 Å². The van der Waals surface area contributed by atoms with Crippen molar-refractivity contribution in [2.75, 3.05) is 18.7 Å². The van der Waals surface area contributed by atoms with Crippen LogP contribution in [0.5, 0.6) is 0 Å². The van der Waals surface area contributed by atoms with E-state index in [9.17, 15) is 28.6 Å². The SMILES string of the molecule is CC(O)(P(=O)(O)O)P(=O)(O)OP(=O)(O)COCCn1cnc2c(N)ncnc21. The molecule has 0 aliphatic heterocycles. The summed E-state index contributed by atoms with van der Waals surface area (Å²) in [5, 5.41) is 5.98. The first-order chi connectivity index (χ1) is 12.7. The summed E-state index contributed by atoms with van der Waals surface area (Å²) >= 11 is 0. The lowest BCUT2D eigenvalue weighted by Crippen LogP contribution is -2.25. The van der Waals surface area contributed by atoms with Crippen LogP contribution in [0.15, 0.2) is 12.7 Å². The number of nitrogens with zero attached hydrogens (tertiary/aromatic N) is 4. The minimum atomic E-state index is -5.62. The van der Waals surface area contributed by atoms with Crippen LogP contribution in [-0.2, 0) is 29.3 Å². The number of hydrogen-bond acceptors (Lipinski definition) is 10. The highest BCUT2D eigenvalue weighted by Gasteiger charge is 2.59. The molecule has 0 aliphatic rings. The van der Waals surface area contributed by atoms with E-state index in [1.54, 1.807) is 0 Å². The van der Waals surface area contributed by atoms with Crippen molar-refractivity contribution >= 4 is 39.8 Å². The molecule has 3 unspecified atom stereocenters. The van der Waals surface area contributed by atoms with Gasteiger partial charge in [-0.2, -0.15) is 0 Å². The monoisotopic (exact) mass is 461 g/mol. The molecule has 18 heteroatoms. The fourth-order valence-corrected chi connectivity index (χ4v) is 6.04. The molecule has 0 radical (unpaired) electrons. The summed E-state index contributed by atoms with van der Waals surface area (Å²) in [5.41, 5.74) is 6.37. The lowest BCUT2D eigenvalue weighted by Gasteiger charge is -2.29. The molecule has 2 aromatic rings. The van der Waals surface area contributed by atoms with Gasteiger partial charge in [0.05, 0.1) is 12.9 Å². The zero-order valence-electron chi connectivity index (χ0n) is 14.3. The zero-order valence-corrected chi connectivity index (χ0v) is 16.9. The molecule has 0 amide bonds. The van der Waals surface area contributed by atoms with Crippen LogP contribution < -0.4 is 5.73 Å². The third-order valence-electron chi connectivity index (χ3n) is 3.49. The van der Waals surface area contributed by atoms with Gasteiger partial charge in [-0.05, 0) is 6.92 Å². The van der Waals surface area contributed by atoms with E-state index in [0.717, 1.165) is 0 Å². The summed E-state index contributed by atoms with van der Waals surface area (Å²) in [6.07, 6.45) is 1.52. The van der Waals surface area contributed by atoms with Crippen molar-refractivity contribution in [1.29, 1.82) is 0 Å². The summed E-state index contributed by atoms with van der Waals surface area (Å²) in [7, 11) is -16.1. The quantitative estimate of drug-likeness (QED) is 0.206. The largest absolute Gasteiger partial charge is 0.382 e. The van der Waals surface area contributed by atoms with Crippen molar-refractivity contribution in [3.05, 3.63) is 12.7 Å². The van der Waals surface area contributed by atoms with Crippen molar-refractivity contribution in [2.45, 2.75) is 18.6 Å². The lowest BCUT2D eigenvalue weighted by atomic mass is 10.5. The highest BCUT2D eigenvalue weighted by molar-refractivity contribution is 7.76. The zero-order chi connectivity index (χ0) is 21.4. The van der Waals surface area contributed by atoms with Crippen LogP contribution in [0.25, 0.3) is 11.2 Å². The van der Waals surface area contributed by atoms with Crippen LogP contribution in [-0.4, -0.2) is 62.2 Å². The summed E-state index contributed by atoms with van der Waals surface area (Å²) in [6, 6.07) is 0. The van der Waals surface area contributed by atoms with Crippen LogP contribution >= 0.6 is 22.8 Å². The number of anilines is 1. The maximum absolute atomic E-state index is 11.9. The molecule has 0 fully saturated rings. The maximum Gasteiger partial charge on any atom is 0.378 e. The topological polar surface area (TPSA) is 240 Å². The summed E-state index contributed by atoms with van der Waals surface area (Å²) in [5.74, 6) is 0.161. The molecule has 7 N–H and O–H groups in total. The molecule has 15 nitrogen and oxygen atoms in total.